The summed E-state index contributed by atoms with van der Waals surface area (Å²) >= 11 is 11.5. The number of para-hydroxylation sites is 1. The number of hydrogen-bond acceptors (Lipinski definition) is 2. The highest BCUT2D eigenvalue weighted by Gasteiger charge is 2.12. The van der Waals surface area contributed by atoms with Crippen molar-refractivity contribution < 1.29 is 9.21 Å². The minimum Gasteiger partial charge on any atom is -0.455 e. The lowest BCUT2D eigenvalue weighted by Gasteiger charge is -2.04. The Labute approximate surface area is 108 Å². The monoisotopic (exact) mass is 269 g/mol. The van der Waals surface area contributed by atoms with Crippen LogP contribution in [0, 0.1) is 0 Å². The molecule has 0 aliphatic heterocycles. The molecule has 0 aliphatic rings. The van der Waals surface area contributed by atoms with E-state index in [0.717, 1.165) is 0 Å². The third kappa shape index (κ3) is 2.81. The quantitative estimate of drug-likeness (QED) is 0.859. The lowest BCUT2D eigenvalue weighted by Crippen LogP contribution is -2.11. The number of carbonyl (C=O) groups excluding carboxylic acids is 1. The number of carbonyl (C=O) groups is 1. The molecule has 17 heavy (non-hydrogen) atoms. The van der Waals surface area contributed by atoms with Crippen molar-refractivity contribution >= 4 is 34.8 Å². The molecule has 2 aromatic rings. The molecule has 1 aromatic heterocycles. The molecule has 0 bridgehead atoms. The van der Waals surface area contributed by atoms with Gasteiger partial charge in [-0.3, -0.25) is 4.79 Å². The molecule has 1 aromatic carbocycles. The normalized spacial score (nSPS) is 10.2. The summed E-state index contributed by atoms with van der Waals surface area (Å²) in [5.74, 6) is 0.644. The minimum absolute atomic E-state index is 0.209. The summed E-state index contributed by atoms with van der Waals surface area (Å²) in [6.07, 6.45) is 0. The second-order valence-electron chi connectivity index (χ2n) is 3.33. The maximum absolute atomic E-state index is 11.8. The Hall–Kier alpha value is -1.45. The highest BCUT2D eigenvalue weighted by atomic mass is 35.5. The van der Waals surface area contributed by atoms with E-state index < -0.39 is 0 Å². The van der Waals surface area contributed by atoms with Crippen molar-refractivity contribution in [1.82, 2.24) is 0 Å². The fraction of sp³-hybridized carbons (Fsp3) is 0.0833. The zero-order chi connectivity index (χ0) is 12.3. The first-order valence-corrected chi connectivity index (χ1v) is 5.82. The van der Waals surface area contributed by atoms with Gasteiger partial charge in [-0.25, -0.2) is 0 Å². The summed E-state index contributed by atoms with van der Waals surface area (Å²) in [5.41, 5.74) is 0.544. The lowest BCUT2D eigenvalue weighted by atomic mass is 10.3. The first kappa shape index (κ1) is 12.0. The van der Waals surface area contributed by atoms with Gasteiger partial charge in [0.2, 0.25) is 0 Å². The number of nitrogens with one attached hydrogen (secondary N) is 1. The topological polar surface area (TPSA) is 42.2 Å². The summed E-state index contributed by atoms with van der Waals surface area (Å²) in [4.78, 5) is 11.8. The van der Waals surface area contributed by atoms with Crippen LogP contribution in [0.15, 0.2) is 40.8 Å². The summed E-state index contributed by atoms with van der Waals surface area (Å²) in [6.45, 7) is 0. The van der Waals surface area contributed by atoms with Crippen molar-refractivity contribution in [2.75, 3.05) is 5.32 Å². The Bertz CT molecular complexity index is 537. The van der Waals surface area contributed by atoms with Crippen LogP contribution in [0.25, 0.3) is 0 Å². The molecule has 0 aliphatic carbocycles. The molecule has 88 valence electrons. The van der Waals surface area contributed by atoms with E-state index in [0.29, 0.717) is 16.5 Å². The Balaban J connectivity index is 2.14. The zero-order valence-electron chi connectivity index (χ0n) is 8.74. The number of anilines is 1. The molecule has 1 amide bonds. The smallest absolute Gasteiger partial charge is 0.291 e. The van der Waals surface area contributed by atoms with Gasteiger partial charge in [0.15, 0.2) is 5.76 Å². The van der Waals surface area contributed by atoms with Crippen LogP contribution in [0.1, 0.15) is 16.3 Å². The maximum atomic E-state index is 11.8. The average Bonchev–Trinajstić information content (AvgIpc) is 2.81. The number of furan rings is 1. The van der Waals surface area contributed by atoms with Gasteiger partial charge in [-0.1, -0.05) is 23.7 Å². The van der Waals surface area contributed by atoms with Crippen LogP contribution in [0.3, 0.4) is 0 Å². The Morgan fingerprint density at radius 3 is 2.65 bits per heavy atom. The lowest BCUT2D eigenvalue weighted by molar-refractivity contribution is 0.0995. The van der Waals surface area contributed by atoms with Gasteiger partial charge in [-0.2, -0.15) is 0 Å². The SMILES string of the molecule is O=C(Nc1ccccc1Cl)c1ccc(CCl)o1. The van der Waals surface area contributed by atoms with Crippen LogP contribution in [0.5, 0.6) is 0 Å². The van der Waals surface area contributed by atoms with Gasteiger partial charge in [-0.15, -0.1) is 11.6 Å². The summed E-state index contributed by atoms with van der Waals surface area (Å²) in [7, 11) is 0. The second-order valence-corrected chi connectivity index (χ2v) is 4.01. The van der Waals surface area contributed by atoms with E-state index in [1.807, 2.05) is 0 Å². The van der Waals surface area contributed by atoms with Crippen molar-refractivity contribution in [2.45, 2.75) is 5.88 Å². The first-order chi connectivity index (χ1) is 8.20. The molecule has 0 unspecified atom stereocenters. The van der Waals surface area contributed by atoms with Gasteiger partial charge >= 0.3 is 0 Å². The van der Waals surface area contributed by atoms with Gasteiger partial charge in [0.05, 0.1) is 16.6 Å². The predicted molar refractivity (Wildman–Crippen MR) is 67.7 cm³/mol. The first-order valence-electron chi connectivity index (χ1n) is 4.91. The van der Waals surface area contributed by atoms with E-state index in [2.05, 4.69) is 5.32 Å². The van der Waals surface area contributed by atoms with Crippen molar-refractivity contribution in [3.8, 4) is 0 Å². The molecule has 0 atom stereocenters. The molecule has 0 saturated heterocycles. The zero-order valence-corrected chi connectivity index (χ0v) is 10.3. The molecule has 0 spiro atoms. The van der Waals surface area contributed by atoms with Gasteiger partial charge in [0, 0.05) is 0 Å². The average molecular weight is 270 g/mol. The van der Waals surface area contributed by atoms with E-state index in [1.54, 1.807) is 36.4 Å². The Morgan fingerprint density at radius 2 is 2.00 bits per heavy atom. The summed E-state index contributed by atoms with van der Waals surface area (Å²) in [5, 5.41) is 3.13. The molecule has 1 N–H and O–H groups in total. The molecular formula is C12H9Cl2NO2. The van der Waals surface area contributed by atoms with E-state index in [4.69, 9.17) is 27.6 Å². The molecule has 5 heteroatoms. The highest BCUT2D eigenvalue weighted by Crippen LogP contribution is 2.21. The van der Waals surface area contributed by atoms with Crippen LogP contribution in [-0.2, 0) is 5.88 Å². The Morgan fingerprint density at radius 1 is 1.24 bits per heavy atom. The maximum Gasteiger partial charge on any atom is 0.291 e. The second kappa shape index (κ2) is 5.25. The third-order valence-electron chi connectivity index (χ3n) is 2.14. The van der Waals surface area contributed by atoms with Crippen molar-refractivity contribution in [2.24, 2.45) is 0 Å². The fourth-order valence-corrected chi connectivity index (χ4v) is 1.64. The molecule has 3 nitrogen and oxygen atoms in total. The van der Waals surface area contributed by atoms with Crippen LogP contribution in [0.4, 0.5) is 5.69 Å². The number of alkyl halides is 1. The summed E-state index contributed by atoms with van der Waals surface area (Å²) < 4.78 is 5.22. The fourth-order valence-electron chi connectivity index (χ4n) is 1.32. The van der Waals surface area contributed by atoms with Crippen molar-refractivity contribution in [1.29, 1.82) is 0 Å². The molecule has 0 fully saturated rings. The van der Waals surface area contributed by atoms with Gasteiger partial charge in [0.25, 0.3) is 5.91 Å². The van der Waals surface area contributed by atoms with E-state index in [-0.39, 0.29) is 17.5 Å². The number of benzene rings is 1. The minimum atomic E-state index is -0.352. The van der Waals surface area contributed by atoms with Crippen LogP contribution < -0.4 is 5.32 Å². The number of halogens is 2. The van der Waals surface area contributed by atoms with Crippen molar-refractivity contribution in [3.05, 3.63) is 52.9 Å². The van der Waals surface area contributed by atoms with Crippen LogP contribution >= 0.6 is 23.2 Å². The standard InChI is InChI=1S/C12H9Cl2NO2/c13-7-8-5-6-11(17-8)12(16)15-10-4-2-1-3-9(10)14/h1-6H,7H2,(H,15,16). The van der Waals surface area contributed by atoms with E-state index in [9.17, 15) is 4.79 Å². The predicted octanol–water partition coefficient (Wildman–Crippen LogP) is 3.92. The largest absolute Gasteiger partial charge is 0.455 e. The van der Waals surface area contributed by atoms with Crippen LogP contribution in [-0.4, -0.2) is 5.91 Å². The van der Waals surface area contributed by atoms with Gasteiger partial charge in [-0.05, 0) is 24.3 Å². The van der Waals surface area contributed by atoms with Gasteiger partial charge in [0.1, 0.15) is 5.76 Å². The molecule has 0 radical (unpaired) electrons. The van der Waals surface area contributed by atoms with E-state index in [1.165, 1.54) is 0 Å². The molecule has 0 saturated carbocycles. The number of hydrogen-bond donors (Lipinski definition) is 1. The number of amides is 1. The highest BCUT2D eigenvalue weighted by molar-refractivity contribution is 6.33. The molecule has 1 heterocycles. The third-order valence-corrected chi connectivity index (χ3v) is 2.73. The van der Waals surface area contributed by atoms with Gasteiger partial charge < -0.3 is 9.73 Å². The number of rotatable bonds is 3. The van der Waals surface area contributed by atoms with E-state index >= 15 is 0 Å². The molecule has 2 rings (SSSR count). The summed E-state index contributed by atoms with van der Waals surface area (Å²) in [6, 6.07) is 10.2. The molecular weight excluding hydrogens is 261 g/mol. The van der Waals surface area contributed by atoms with Crippen molar-refractivity contribution in [3.63, 3.8) is 0 Å². The Kier molecular flexibility index (Phi) is 3.71. The van der Waals surface area contributed by atoms with Crippen LogP contribution in [0.2, 0.25) is 5.02 Å².